The number of nitrogens with zero attached hydrogens (tertiary/aromatic N) is 1. The van der Waals surface area contributed by atoms with E-state index < -0.39 is 0 Å². The summed E-state index contributed by atoms with van der Waals surface area (Å²) in [6.45, 7) is 1.51. The Morgan fingerprint density at radius 2 is 1.90 bits per heavy atom. The van der Waals surface area contributed by atoms with Crippen LogP contribution >= 0.6 is 22.7 Å². The molecule has 0 aliphatic carbocycles. The number of anilines is 1. The van der Waals surface area contributed by atoms with Gasteiger partial charge in [0.15, 0.2) is 0 Å². The van der Waals surface area contributed by atoms with Gasteiger partial charge < -0.3 is 9.64 Å². The minimum atomic E-state index is 0.382. The van der Waals surface area contributed by atoms with Crippen molar-refractivity contribution in [2.75, 3.05) is 25.1 Å². The van der Waals surface area contributed by atoms with Gasteiger partial charge in [-0.15, -0.1) is 22.7 Å². The Bertz CT molecular complexity index is 630. The second-order valence-electron chi connectivity index (χ2n) is 4.22. The first kappa shape index (κ1) is 15.5. The molecule has 110 valence electrons. The van der Waals surface area contributed by atoms with E-state index in [0.29, 0.717) is 19.6 Å². The van der Waals surface area contributed by atoms with Crippen LogP contribution in [-0.2, 0) is 14.3 Å². The lowest BCUT2D eigenvalue weighted by molar-refractivity contribution is -0.128. The van der Waals surface area contributed by atoms with E-state index in [-0.39, 0.29) is 0 Å². The van der Waals surface area contributed by atoms with Gasteiger partial charge in [0.05, 0.1) is 11.5 Å². The van der Waals surface area contributed by atoms with E-state index in [9.17, 15) is 9.59 Å². The molecule has 0 N–H and O–H groups in total. The van der Waals surface area contributed by atoms with Crippen LogP contribution in [-0.4, -0.2) is 33.0 Å². The zero-order valence-electron chi connectivity index (χ0n) is 11.5. The van der Waals surface area contributed by atoms with Crippen LogP contribution in [0.2, 0.25) is 0 Å². The normalized spacial score (nSPS) is 10.7. The van der Waals surface area contributed by atoms with E-state index >= 15 is 0 Å². The lowest BCUT2D eigenvalue weighted by atomic mass is 10.3. The molecule has 21 heavy (non-hydrogen) atoms. The maximum atomic E-state index is 10.3. The monoisotopic (exact) mass is 321 g/mol. The van der Waals surface area contributed by atoms with Crippen molar-refractivity contribution >= 4 is 46.5 Å². The average Bonchev–Trinajstić information content (AvgIpc) is 3.14. The van der Waals surface area contributed by atoms with Gasteiger partial charge in [-0.05, 0) is 36.4 Å². The Morgan fingerprint density at radius 3 is 2.67 bits per heavy atom. The van der Waals surface area contributed by atoms with E-state index in [2.05, 4.69) is 23.1 Å². The van der Waals surface area contributed by atoms with Gasteiger partial charge in [-0.1, -0.05) is 0 Å². The number of likely N-dealkylation sites (N-methyl/N-ethyl adjacent to an activating group) is 1. The smallest absolute Gasteiger partial charge is 0.293 e. The molecule has 0 amide bonds. The number of hydrogen-bond acceptors (Lipinski definition) is 6. The number of hydrogen-bond donors (Lipinski definition) is 0. The molecule has 0 bridgehead atoms. The fraction of sp³-hybridized carbons (Fsp3) is 0.200. The first-order valence-electron chi connectivity index (χ1n) is 6.33. The molecular formula is C15H15NO3S2. The van der Waals surface area contributed by atoms with Gasteiger partial charge in [0.2, 0.25) is 0 Å². The van der Waals surface area contributed by atoms with E-state index in [1.807, 2.05) is 13.1 Å². The molecule has 2 rings (SSSR count). The highest BCUT2D eigenvalue weighted by atomic mass is 32.1. The lowest BCUT2D eigenvalue weighted by Crippen LogP contribution is -2.21. The largest absolute Gasteiger partial charge is 0.466 e. The highest BCUT2D eigenvalue weighted by Gasteiger charge is 2.08. The van der Waals surface area contributed by atoms with Crippen molar-refractivity contribution in [3.63, 3.8) is 0 Å². The number of aldehydes is 1. The van der Waals surface area contributed by atoms with E-state index in [1.54, 1.807) is 28.7 Å². The van der Waals surface area contributed by atoms with Crippen molar-refractivity contribution in [3.8, 4) is 9.75 Å². The van der Waals surface area contributed by atoms with E-state index in [1.165, 1.54) is 15.8 Å². The van der Waals surface area contributed by atoms with Crippen molar-refractivity contribution in [1.82, 2.24) is 0 Å². The summed E-state index contributed by atoms with van der Waals surface area (Å²) >= 11 is 3.34. The van der Waals surface area contributed by atoms with E-state index in [4.69, 9.17) is 4.74 Å². The summed E-state index contributed by atoms with van der Waals surface area (Å²) in [5.74, 6) is 0. The van der Waals surface area contributed by atoms with Gasteiger partial charge in [-0.2, -0.15) is 0 Å². The van der Waals surface area contributed by atoms with Crippen LogP contribution in [0, 0.1) is 0 Å². The summed E-state index contributed by atoms with van der Waals surface area (Å²) in [5.41, 5.74) is 0. The Hall–Kier alpha value is -1.92. The second-order valence-corrected chi connectivity index (χ2v) is 6.40. The third-order valence-corrected chi connectivity index (χ3v) is 5.24. The first-order valence-corrected chi connectivity index (χ1v) is 7.96. The maximum Gasteiger partial charge on any atom is 0.293 e. The van der Waals surface area contributed by atoms with Crippen molar-refractivity contribution in [2.45, 2.75) is 0 Å². The number of ether oxygens (including phenoxy) is 1. The summed E-state index contributed by atoms with van der Waals surface area (Å²) in [4.78, 5) is 25.9. The SMILES string of the molecule is CN(CCOC=O)c1ccc(-c2ccc(/C=C/C=O)s2)s1. The topological polar surface area (TPSA) is 46.6 Å². The quantitative estimate of drug-likeness (QED) is 0.425. The number of thiophene rings is 2. The van der Waals surface area contributed by atoms with Crippen molar-refractivity contribution in [3.05, 3.63) is 35.2 Å². The predicted molar refractivity (Wildman–Crippen MR) is 88.0 cm³/mol. The van der Waals surface area contributed by atoms with Crippen molar-refractivity contribution in [2.24, 2.45) is 0 Å². The summed E-state index contributed by atoms with van der Waals surface area (Å²) in [6, 6.07) is 8.19. The predicted octanol–water partition coefficient (Wildman–Crippen LogP) is 3.30. The van der Waals surface area contributed by atoms with E-state index in [0.717, 1.165) is 16.2 Å². The molecule has 0 saturated carbocycles. The summed E-state index contributed by atoms with van der Waals surface area (Å²) in [5, 5.41) is 1.12. The molecule has 0 atom stereocenters. The van der Waals surface area contributed by atoms with Crippen LogP contribution in [0.15, 0.2) is 30.3 Å². The summed E-state index contributed by atoms with van der Waals surface area (Å²) in [7, 11) is 1.97. The molecule has 0 aliphatic heterocycles. The number of rotatable bonds is 8. The molecule has 0 aromatic carbocycles. The molecule has 0 radical (unpaired) electrons. The second kappa shape index (κ2) is 7.75. The molecule has 6 heteroatoms. The first-order chi connectivity index (χ1) is 10.2. The Balaban J connectivity index is 2.05. The third-order valence-electron chi connectivity index (χ3n) is 2.79. The Labute approximate surface area is 131 Å². The molecule has 0 spiro atoms. The van der Waals surface area contributed by atoms with Crippen LogP contribution < -0.4 is 4.90 Å². The van der Waals surface area contributed by atoms with Gasteiger partial charge in [-0.25, -0.2) is 0 Å². The Morgan fingerprint density at radius 1 is 1.14 bits per heavy atom. The molecule has 4 nitrogen and oxygen atoms in total. The van der Waals surface area contributed by atoms with Crippen LogP contribution in [0.3, 0.4) is 0 Å². The minimum absolute atomic E-state index is 0.382. The van der Waals surface area contributed by atoms with Gasteiger partial charge in [0.25, 0.3) is 6.47 Å². The zero-order valence-corrected chi connectivity index (χ0v) is 13.2. The van der Waals surface area contributed by atoms with Crippen molar-refractivity contribution in [1.29, 1.82) is 0 Å². The molecule has 2 heterocycles. The number of allylic oxidation sites excluding steroid dienone is 1. The van der Waals surface area contributed by atoms with Gasteiger partial charge in [0, 0.05) is 21.7 Å². The third kappa shape index (κ3) is 4.27. The maximum absolute atomic E-state index is 10.3. The zero-order chi connectivity index (χ0) is 15.1. The highest BCUT2D eigenvalue weighted by molar-refractivity contribution is 7.24. The summed E-state index contributed by atoms with van der Waals surface area (Å²) < 4.78 is 4.71. The lowest BCUT2D eigenvalue weighted by Gasteiger charge is -2.15. The average molecular weight is 321 g/mol. The molecule has 0 unspecified atom stereocenters. The van der Waals surface area contributed by atoms with Gasteiger partial charge in [-0.3, -0.25) is 9.59 Å². The minimum Gasteiger partial charge on any atom is -0.466 e. The molecule has 0 fully saturated rings. The van der Waals surface area contributed by atoms with Gasteiger partial charge in [0.1, 0.15) is 12.9 Å². The fourth-order valence-electron chi connectivity index (χ4n) is 1.72. The molecule has 0 aliphatic rings. The Kier molecular flexibility index (Phi) is 5.71. The molecule has 2 aromatic heterocycles. The molecular weight excluding hydrogens is 306 g/mol. The van der Waals surface area contributed by atoms with Crippen molar-refractivity contribution < 1.29 is 14.3 Å². The highest BCUT2D eigenvalue weighted by Crippen LogP contribution is 2.37. The van der Waals surface area contributed by atoms with Crippen LogP contribution in [0.4, 0.5) is 5.00 Å². The van der Waals surface area contributed by atoms with Crippen LogP contribution in [0.25, 0.3) is 15.8 Å². The molecule has 2 aromatic rings. The fourth-order valence-corrected chi connectivity index (χ4v) is 3.73. The van der Waals surface area contributed by atoms with Gasteiger partial charge >= 0.3 is 0 Å². The standard InChI is InChI=1S/C15H15NO3S2/c1-16(8-10-19-11-18)15-7-6-14(21-15)13-5-4-12(20-13)3-2-9-17/h2-7,9,11H,8,10H2,1H3/b3-2+. The van der Waals surface area contributed by atoms with Crippen LogP contribution in [0.5, 0.6) is 0 Å². The van der Waals surface area contributed by atoms with Crippen LogP contribution in [0.1, 0.15) is 4.88 Å². The number of carbonyl (C=O) groups is 2. The number of carbonyl (C=O) groups excluding carboxylic acids is 2. The summed E-state index contributed by atoms with van der Waals surface area (Å²) in [6.07, 6.45) is 4.08. The molecule has 0 saturated heterocycles.